The van der Waals surface area contributed by atoms with Gasteiger partial charge in [-0.15, -0.1) is 0 Å². The number of urea groups is 1. The molecule has 0 fully saturated rings. The van der Waals surface area contributed by atoms with Crippen molar-refractivity contribution in [3.63, 3.8) is 0 Å². The molecule has 0 radical (unpaired) electrons. The molecule has 0 atom stereocenters. The number of halogens is 1. The van der Waals surface area contributed by atoms with E-state index in [0.717, 1.165) is 11.1 Å². The zero-order chi connectivity index (χ0) is 18.4. The van der Waals surface area contributed by atoms with Crippen LogP contribution in [0.1, 0.15) is 21.6 Å². The van der Waals surface area contributed by atoms with Gasteiger partial charge in [0.25, 0.3) is 5.91 Å². The van der Waals surface area contributed by atoms with E-state index in [1.807, 2.05) is 26.0 Å². The molecule has 1 aromatic heterocycles. The molecule has 0 aliphatic carbocycles. The molecule has 0 unspecified atom stereocenters. The van der Waals surface area contributed by atoms with Crippen molar-refractivity contribution in [3.8, 4) is 0 Å². The summed E-state index contributed by atoms with van der Waals surface area (Å²) in [6, 6.07) is 7.58. The predicted octanol–water partition coefficient (Wildman–Crippen LogP) is 2.86. The maximum atomic E-state index is 11.8. The SMILES string of the molecule is Cc1ccc(NC(=O)NC(=O)COC(=O)c2cc(Cl)ccn2)c(C)c1. The smallest absolute Gasteiger partial charge is 0.357 e. The number of aromatic nitrogens is 1. The van der Waals surface area contributed by atoms with E-state index in [0.29, 0.717) is 10.7 Å². The Kier molecular flexibility index (Phi) is 6.08. The number of pyridine rings is 1. The number of carbonyl (C=O) groups excluding carboxylic acids is 3. The van der Waals surface area contributed by atoms with Crippen LogP contribution in [0.2, 0.25) is 5.02 Å². The van der Waals surface area contributed by atoms with Crippen molar-refractivity contribution in [1.82, 2.24) is 10.3 Å². The van der Waals surface area contributed by atoms with Gasteiger partial charge in [-0.3, -0.25) is 10.1 Å². The summed E-state index contributed by atoms with van der Waals surface area (Å²) in [5.41, 5.74) is 2.47. The summed E-state index contributed by atoms with van der Waals surface area (Å²) in [5, 5.41) is 4.95. The average Bonchev–Trinajstić information content (AvgIpc) is 2.55. The Morgan fingerprint density at radius 2 is 1.92 bits per heavy atom. The molecule has 0 spiro atoms. The van der Waals surface area contributed by atoms with Crippen molar-refractivity contribution in [3.05, 3.63) is 58.4 Å². The van der Waals surface area contributed by atoms with Crippen molar-refractivity contribution < 1.29 is 19.1 Å². The predicted molar refractivity (Wildman–Crippen MR) is 92.6 cm³/mol. The lowest BCUT2D eigenvalue weighted by Gasteiger charge is -2.10. The van der Waals surface area contributed by atoms with Gasteiger partial charge in [0.05, 0.1) is 0 Å². The third-order valence-electron chi connectivity index (χ3n) is 3.15. The van der Waals surface area contributed by atoms with E-state index in [1.54, 1.807) is 6.07 Å². The zero-order valence-electron chi connectivity index (χ0n) is 13.6. The topological polar surface area (TPSA) is 97.4 Å². The van der Waals surface area contributed by atoms with Gasteiger partial charge in [-0.25, -0.2) is 14.6 Å². The summed E-state index contributed by atoms with van der Waals surface area (Å²) in [6.45, 7) is 3.15. The molecule has 8 heteroatoms. The van der Waals surface area contributed by atoms with E-state index in [2.05, 4.69) is 15.6 Å². The van der Waals surface area contributed by atoms with Crippen molar-refractivity contribution in [1.29, 1.82) is 0 Å². The van der Waals surface area contributed by atoms with Crippen molar-refractivity contribution in [2.24, 2.45) is 0 Å². The molecule has 2 rings (SSSR count). The van der Waals surface area contributed by atoms with Crippen LogP contribution in [0, 0.1) is 13.8 Å². The maximum Gasteiger partial charge on any atom is 0.357 e. The molecule has 1 aromatic carbocycles. The minimum absolute atomic E-state index is 0.0277. The lowest BCUT2D eigenvalue weighted by molar-refractivity contribution is -0.123. The van der Waals surface area contributed by atoms with E-state index in [-0.39, 0.29) is 5.69 Å². The summed E-state index contributed by atoms with van der Waals surface area (Å²) < 4.78 is 4.78. The summed E-state index contributed by atoms with van der Waals surface area (Å²) in [5.74, 6) is -1.58. The van der Waals surface area contributed by atoms with Crippen LogP contribution in [0.4, 0.5) is 10.5 Å². The summed E-state index contributed by atoms with van der Waals surface area (Å²) in [6.07, 6.45) is 1.34. The first-order valence-electron chi connectivity index (χ1n) is 7.32. The number of rotatable bonds is 4. The number of carbonyl (C=O) groups is 3. The number of aryl methyl sites for hydroxylation is 2. The van der Waals surface area contributed by atoms with E-state index in [4.69, 9.17) is 16.3 Å². The van der Waals surface area contributed by atoms with Crippen LogP contribution < -0.4 is 10.6 Å². The lowest BCUT2D eigenvalue weighted by Crippen LogP contribution is -2.37. The Hall–Kier alpha value is -2.93. The van der Waals surface area contributed by atoms with E-state index in [9.17, 15) is 14.4 Å². The van der Waals surface area contributed by atoms with Crippen LogP contribution in [0.15, 0.2) is 36.5 Å². The Bertz CT molecular complexity index is 823. The first kappa shape index (κ1) is 18.4. The van der Waals surface area contributed by atoms with Crippen LogP contribution in [-0.2, 0) is 9.53 Å². The highest BCUT2D eigenvalue weighted by Crippen LogP contribution is 2.15. The molecule has 130 valence electrons. The number of anilines is 1. The fourth-order valence-corrected chi connectivity index (χ4v) is 2.15. The molecule has 2 aromatic rings. The lowest BCUT2D eigenvalue weighted by atomic mass is 10.1. The van der Waals surface area contributed by atoms with Gasteiger partial charge in [0.15, 0.2) is 6.61 Å². The molecular formula is C17H16ClN3O4. The second kappa shape index (κ2) is 8.25. The second-order valence-corrected chi connectivity index (χ2v) is 5.69. The van der Waals surface area contributed by atoms with E-state index >= 15 is 0 Å². The van der Waals surface area contributed by atoms with Gasteiger partial charge in [0.1, 0.15) is 5.69 Å². The van der Waals surface area contributed by atoms with E-state index in [1.165, 1.54) is 18.3 Å². The van der Waals surface area contributed by atoms with Gasteiger partial charge < -0.3 is 10.1 Å². The number of benzene rings is 1. The normalized spacial score (nSPS) is 10.0. The Balaban J connectivity index is 1.83. The third-order valence-corrected chi connectivity index (χ3v) is 3.38. The number of amides is 3. The molecule has 25 heavy (non-hydrogen) atoms. The summed E-state index contributed by atoms with van der Waals surface area (Å²) >= 11 is 5.74. The maximum absolute atomic E-state index is 11.8. The molecule has 0 saturated heterocycles. The number of imide groups is 1. The summed E-state index contributed by atoms with van der Waals surface area (Å²) in [4.78, 5) is 39.0. The molecule has 0 saturated carbocycles. The minimum atomic E-state index is -0.813. The minimum Gasteiger partial charge on any atom is -0.451 e. The molecule has 0 bridgehead atoms. The van der Waals surface area contributed by atoms with Gasteiger partial charge in [-0.1, -0.05) is 29.3 Å². The Morgan fingerprint density at radius 3 is 2.60 bits per heavy atom. The molecular weight excluding hydrogens is 346 g/mol. The number of hydrogen-bond acceptors (Lipinski definition) is 5. The monoisotopic (exact) mass is 361 g/mol. The highest BCUT2D eigenvalue weighted by atomic mass is 35.5. The van der Waals surface area contributed by atoms with Crippen LogP contribution >= 0.6 is 11.6 Å². The largest absolute Gasteiger partial charge is 0.451 e. The summed E-state index contributed by atoms with van der Waals surface area (Å²) in [7, 11) is 0. The number of esters is 1. The van der Waals surface area contributed by atoms with Gasteiger partial charge in [-0.2, -0.15) is 0 Å². The van der Waals surface area contributed by atoms with E-state index < -0.39 is 24.5 Å². The van der Waals surface area contributed by atoms with Gasteiger partial charge in [0, 0.05) is 16.9 Å². The number of nitrogens with one attached hydrogen (secondary N) is 2. The highest BCUT2D eigenvalue weighted by Gasteiger charge is 2.14. The number of nitrogens with zero attached hydrogens (tertiary/aromatic N) is 1. The molecule has 7 nitrogen and oxygen atoms in total. The third kappa shape index (κ3) is 5.58. The number of ether oxygens (including phenoxy) is 1. The molecule has 1 heterocycles. The van der Waals surface area contributed by atoms with Crippen molar-refractivity contribution in [2.45, 2.75) is 13.8 Å². The standard InChI is InChI=1S/C17H16ClN3O4/c1-10-3-4-13(11(2)7-10)20-17(24)21-15(22)9-25-16(23)14-8-12(18)5-6-19-14/h3-8H,9H2,1-2H3,(H2,20,21,22,24). The van der Waals surface area contributed by atoms with Gasteiger partial charge >= 0.3 is 12.0 Å². The quantitative estimate of drug-likeness (QED) is 0.816. The van der Waals surface area contributed by atoms with Crippen LogP contribution in [0.3, 0.4) is 0 Å². The fraction of sp³-hybridized carbons (Fsp3) is 0.176. The van der Waals surface area contributed by atoms with Crippen LogP contribution in [-0.4, -0.2) is 29.5 Å². The molecule has 0 aliphatic heterocycles. The van der Waals surface area contributed by atoms with Crippen molar-refractivity contribution in [2.75, 3.05) is 11.9 Å². The second-order valence-electron chi connectivity index (χ2n) is 5.26. The molecule has 3 amide bonds. The zero-order valence-corrected chi connectivity index (χ0v) is 14.4. The fourth-order valence-electron chi connectivity index (χ4n) is 1.99. The van der Waals surface area contributed by atoms with Gasteiger partial charge in [-0.05, 0) is 37.6 Å². The Morgan fingerprint density at radius 1 is 1.16 bits per heavy atom. The first-order chi connectivity index (χ1) is 11.8. The van der Waals surface area contributed by atoms with Crippen LogP contribution in [0.5, 0.6) is 0 Å². The van der Waals surface area contributed by atoms with Crippen LogP contribution in [0.25, 0.3) is 0 Å². The highest BCUT2D eigenvalue weighted by molar-refractivity contribution is 6.30. The Labute approximate surface area is 149 Å². The van der Waals surface area contributed by atoms with Crippen molar-refractivity contribution >= 4 is 35.2 Å². The number of hydrogen-bond donors (Lipinski definition) is 2. The first-order valence-corrected chi connectivity index (χ1v) is 7.69. The molecule has 2 N–H and O–H groups in total. The average molecular weight is 362 g/mol. The van der Waals surface area contributed by atoms with Gasteiger partial charge in [0.2, 0.25) is 0 Å². The molecule has 0 aliphatic rings.